The van der Waals surface area contributed by atoms with E-state index in [2.05, 4.69) is 9.72 Å². The third-order valence-corrected chi connectivity index (χ3v) is 2.01. The summed E-state index contributed by atoms with van der Waals surface area (Å²) in [5.74, 6) is -0.844. The second-order valence-corrected chi connectivity index (χ2v) is 3.69. The van der Waals surface area contributed by atoms with Crippen LogP contribution in [0.5, 0.6) is 5.88 Å². The third-order valence-electron chi connectivity index (χ3n) is 2.01. The fraction of sp³-hybridized carbons (Fsp3) is 0.500. The molecule has 0 saturated carbocycles. The highest BCUT2D eigenvalue weighted by Crippen LogP contribution is 2.36. The van der Waals surface area contributed by atoms with Crippen LogP contribution in [0, 0.1) is 6.92 Å². The van der Waals surface area contributed by atoms with Crippen LogP contribution in [0.4, 0.5) is 26.3 Å². The Morgan fingerprint density at radius 1 is 1.16 bits per heavy atom. The number of ether oxygens (including phenoxy) is 1. The molecule has 0 radical (unpaired) electrons. The average molecular weight is 289 g/mol. The van der Waals surface area contributed by atoms with E-state index in [1.54, 1.807) is 0 Å². The molecular formula is C10H9F6NO2. The van der Waals surface area contributed by atoms with E-state index in [0.717, 1.165) is 6.07 Å². The number of aryl methyl sites for hydroxylation is 1. The SMILES string of the molecule is Cc1cc(CO)cc(OC(C(F)(F)F)C(F)(F)F)n1. The lowest BCUT2D eigenvalue weighted by atomic mass is 10.2. The van der Waals surface area contributed by atoms with Crippen LogP contribution in [-0.2, 0) is 6.61 Å². The number of hydrogen-bond donors (Lipinski definition) is 1. The fourth-order valence-electron chi connectivity index (χ4n) is 1.30. The fourth-order valence-corrected chi connectivity index (χ4v) is 1.30. The van der Waals surface area contributed by atoms with Gasteiger partial charge < -0.3 is 9.84 Å². The maximum Gasteiger partial charge on any atom is 0.434 e. The molecular weight excluding hydrogens is 280 g/mol. The van der Waals surface area contributed by atoms with Gasteiger partial charge in [0.15, 0.2) is 0 Å². The molecule has 0 aliphatic rings. The minimum atomic E-state index is -5.61. The Kier molecular flexibility index (Phi) is 4.28. The molecule has 0 aliphatic heterocycles. The largest absolute Gasteiger partial charge is 0.455 e. The highest BCUT2D eigenvalue weighted by molar-refractivity contribution is 5.24. The van der Waals surface area contributed by atoms with E-state index in [1.165, 1.54) is 13.0 Å². The smallest absolute Gasteiger partial charge is 0.434 e. The van der Waals surface area contributed by atoms with Crippen LogP contribution in [0.3, 0.4) is 0 Å². The highest BCUT2D eigenvalue weighted by atomic mass is 19.4. The lowest BCUT2D eigenvalue weighted by Crippen LogP contribution is -2.46. The van der Waals surface area contributed by atoms with Gasteiger partial charge >= 0.3 is 12.4 Å². The molecule has 1 aromatic heterocycles. The first kappa shape index (κ1) is 15.5. The van der Waals surface area contributed by atoms with Crippen molar-refractivity contribution < 1.29 is 36.2 Å². The standard InChI is InChI=1S/C10H9F6NO2/c1-5-2-6(4-18)3-7(17-5)19-8(9(11,12)13)10(14,15)16/h2-3,8,18H,4H2,1H3. The first-order chi connectivity index (χ1) is 8.54. The van der Waals surface area contributed by atoms with Gasteiger partial charge in [0.25, 0.3) is 6.10 Å². The first-order valence-corrected chi connectivity index (χ1v) is 4.92. The summed E-state index contributed by atoms with van der Waals surface area (Å²) in [7, 11) is 0. The molecule has 0 unspecified atom stereocenters. The number of aromatic nitrogens is 1. The minimum absolute atomic E-state index is 0.102. The third kappa shape index (κ3) is 4.27. The predicted octanol–water partition coefficient (Wildman–Crippen LogP) is 2.75. The van der Waals surface area contributed by atoms with Crippen LogP contribution in [0.1, 0.15) is 11.3 Å². The maximum atomic E-state index is 12.3. The number of aliphatic hydroxyl groups excluding tert-OH is 1. The summed E-state index contributed by atoms with van der Waals surface area (Å²) in [6.07, 6.45) is -15.2. The van der Waals surface area contributed by atoms with Gasteiger partial charge in [0, 0.05) is 11.8 Å². The highest BCUT2D eigenvalue weighted by Gasteiger charge is 2.59. The zero-order valence-electron chi connectivity index (χ0n) is 9.51. The summed E-state index contributed by atoms with van der Waals surface area (Å²) < 4.78 is 77.5. The first-order valence-electron chi connectivity index (χ1n) is 4.92. The monoisotopic (exact) mass is 289 g/mol. The molecule has 1 heterocycles. The summed E-state index contributed by atoms with van der Waals surface area (Å²) in [4.78, 5) is 3.42. The lowest BCUT2D eigenvalue weighted by molar-refractivity contribution is -0.300. The molecule has 19 heavy (non-hydrogen) atoms. The van der Waals surface area contributed by atoms with Gasteiger partial charge in [-0.25, -0.2) is 4.98 Å². The molecule has 0 spiro atoms. The van der Waals surface area contributed by atoms with E-state index >= 15 is 0 Å². The van der Waals surface area contributed by atoms with Crippen molar-refractivity contribution in [2.24, 2.45) is 0 Å². The summed E-state index contributed by atoms with van der Waals surface area (Å²) in [6, 6.07) is 2.13. The van der Waals surface area contributed by atoms with Gasteiger partial charge in [-0.2, -0.15) is 26.3 Å². The van der Waals surface area contributed by atoms with Crippen molar-refractivity contribution in [2.75, 3.05) is 0 Å². The quantitative estimate of drug-likeness (QED) is 0.870. The molecule has 1 N–H and O–H groups in total. The Morgan fingerprint density at radius 3 is 2.11 bits per heavy atom. The molecule has 1 aromatic rings. The van der Waals surface area contributed by atoms with Crippen LogP contribution in [0.25, 0.3) is 0 Å². The van der Waals surface area contributed by atoms with Crippen molar-refractivity contribution in [1.29, 1.82) is 0 Å². The number of nitrogens with zero attached hydrogens (tertiary/aromatic N) is 1. The maximum absolute atomic E-state index is 12.3. The Morgan fingerprint density at radius 2 is 1.68 bits per heavy atom. The molecule has 1 rings (SSSR count). The van der Waals surface area contributed by atoms with Crippen molar-refractivity contribution >= 4 is 0 Å². The van der Waals surface area contributed by atoms with E-state index in [-0.39, 0.29) is 11.3 Å². The average Bonchev–Trinajstić information content (AvgIpc) is 2.22. The Balaban J connectivity index is 3.07. The van der Waals surface area contributed by atoms with Crippen molar-refractivity contribution in [3.63, 3.8) is 0 Å². The number of rotatable bonds is 3. The van der Waals surface area contributed by atoms with Crippen molar-refractivity contribution in [1.82, 2.24) is 4.98 Å². The van der Waals surface area contributed by atoms with E-state index in [1.807, 2.05) is 0 Å². The Bertz CT molecular complexity index is 429. The molecule has 0 aromatic carbocycles. The van der Waals surface area contributed by atoms with Gasteiger partial charge in [-0.3, -0.25) is 0 Å². The van der Waals surface area contributed by atoms with E-state index in [9.17, 15) is 26.3 Å². The van der Waals surface area contributed by atoms with E-state index in [0.29, 0.717) is 0 Å². The van der Waals surface area contributed by atoms with Gasteiger partial charge in [0.05, 0.1) is 6.61 Å². The second kappa shape index (κ2) is 5.24. The summed E-state index contributed by atoms with van der Waals surface area (Å²) in [5, 5.41) is 8.81. The molecule has 0 saturated heterocycles. The second-order valence-electron chi connectivity index (χ2n) is 3.69. The zero-order valence-corrected chi connectivity index (χ0v) is 9.51. The number of hydrogen-bond acceptors (Lipinski definition) is 3. The molecule has 108 valence electrons. The minimum Gasteiger partial charge on any atom is -0.455 e. The number of aliphatic hydroxyl groups is 1. The molecule has 0 fully saturated rings. The van der Waals surface area contributed by atoms with Crippen LogP contribution in [0.2, 0.25) is 0 Å². The van der Waals surface area contributed by atoms with E-state index in [4.69, 9.17) is 5.11 Å². The number of halogens is 6. The predicted molar refractivity (Wildman–Crippen MR) is 51.4 cm³/mol. The van der Waals surface area contributed by atoms with Gasteiger partial charge in [0.2, 0.25) is 5.88 Å². The summed E-state index contributed by atoms with van der Waals surface area (Å²) >= 11 is 0. The van der Waals surface area contributed by atoms with Crippen molar-refractivity contribution in [3.8, 4) is 5.88 Å². The topological polar surface area (TPSA) is 42.4 Å². The molecule has 9 heteroatoms. The summed E-state index contributed by atoms with van der Waals surface area (Å²) in [6.45, 7) is 0.796. The lowest BCUT2D eigenvalue weighted by Gasteiger charge is -2.23. The number of alkyl halides is 6. The van der Waals surface area contributed by atoms with Gasteiger partial charge in [-0.1, -0.05) is 0 Å². The van der Waals surface area contributed by atoms with Crippen molar-refractivity contribution in [2.45, 2.75) is 32.0 Å². The van der Waals surface area contributed by atoms with E-state index < -0.39 is 30.9 Å². The Labute approximate surface area is 103 Å². The van der Waals surface area contributed by atoms with Gasteiger partial charge in [-0.05, 0) is 18.6 Å². The molecule has 0 bridgehead atoms. The number of pyridine rings is 1. The van der Waals surface area contributed by atoms with Gasteiger partial charge in [0.1, 0.15) is 0 Å². The van der Waals surface area contributed by atoms with Crippen LogP contribution in [0.15, 0.2) is 12.1 Å². The summed E-state index contributed by atoms with van der Waals surface area (Å²) in [5.41, 5.74) is 0.232. The van der Waals surface area contributed by atoms with Crippen LogP contribution in [-0.4, -0.2) is 28.5 Å². The molecule has 0 amide bonds. The molecule has 3 nitrogen and oxygen atoms in total. The Hall–Kier alpha value is -1.51. The van der Waals surface area contributed by atoms with Crippen LogP contribution >= 0.6 is 0 Å². The normalized spacial score (nSPS) is 12.9. The molecule has 0 atom stereocenters. The zero-order chi connectivity index (χ0) is 14.8. The molecule has 0 aliphatic carbocycles. The van der Waals surface area contributed by atoms with Gasteiger partial charge in [-0.15, -0.1) is 0 Å². The van der Waals surface area contributed by atoms with Crippen LogP contribution < -0.4 is 4.74 Å². The van der Waals surface area contributed by atoms with Crippen molar-refractivity contribution in [3.05, 3.63) is 23.4 Å².